The molecule has 0 aromatic heterocycles. The minimum absolute atomic E-state index is 0.0580. The Labute approximate surface area is 201 Å². The van der Waals surface area contributed by atoms with Gasteiger partial charge in [0.15, 0.2) is 5.78 Å². The third-order valence-corrected chi connectivity index (χ3v) is 10.7. The molecule has 3 nitrogen and oxygen atoms in total. The smallest absolute Gasteiger partial charge is 0.302 e. The van der Waals surface area contributed by atoms with Crippen molar-refractivity contribution in [1.82, 2.24) is 0 Å². The first kappa shape index (κ1) is 24.7. The van der Waals surface area contributed by atoms with Gasteiger partial charge in [0, 0.05) is 19.3 Å². The molecule has 0 heterocycles. The van der Waals surface area contributed by atoms with E-state index in [1.165, 1.54) is 43.8 Å². The summed E-state index contributed by atoms with van der Waals surface area (Å²) in [7, 11) is 0. The van der Waals surface area contributed by atoms with Crippen molar-refractivity contribution in [2.24, 2.45) is 46.3 Å². The molecule has 3 fully saturated rings. The highest BCUT2D eigenvalue weighted by Crippen LogP contribution is 2.66. The van der Waals surface area contributed by atoms with Gasteiger partial charge >= 0.3 is 5.97 Å². The summed E-state index contributed by atoms with van der Waals surface area (Å²) in [4.78, 5) is 25.1. The lowest BCUT2D eigenvalue weighted by molar-refractivity contribution is -0.149. The van der Waals surface area contributed by atoms with E-state index in [1.54, 1.807) is 0 Å². The molecule has 0 aromatic rings. The number of fused-ring (bicyclic) bond motifs is 5. The van der Waals surface area contributed by atoms with Crippen molar-refractivity contribution < 1.29 is 14.3 Å². The average Bonchev–Trinajstić information content (AvgIpc) is 3.09. The van der Waals surface area contributed by atoms with Crippen molar-refractivity contribution in [2.75, 3.05) is 0 Å². The molecule has 3 heteroatoms. The molecule has 0 bridgehead atoms. The van der Waals surface area contributed by atoms with Crippen LogP contribution in [0.4, 0.5) is 0 Å². The van der Waals surface area contributed by atoms with Crippen LogP contribution < -0.4 is 0 Å². The number of ether oxygens (including phenoxy) is 1. The number of carbonyl (C=O) groups excluding carboxylic acids is 2. The van der Waals surface area contributed by atoms with Crippen molar-refractivity contribution in [3.8, 4) is 0 Å². The van der Waals surface area contributed by atoms with Gasteiger partial charge in [-0.25, -0.2) is 0 Å². The van der Waals surface area contributed by atoms with Gasteiger partial charge in [-0.05, 0) is 97.9 Å². The van der Waals surface area contributed by atoms with Gasteiger partial charge in [-0.15, -0.1) is 0 Å². The van der Waals surface area contributed by atoms with Crippen LogP contribution in [0.15, 0.2) is 23.8 Å². The Hall–Kier alpha value is -1.38. The molecule has 4 aliphatic rings. The van der Waals surface area contributed by atoms with E-state index in [1.807, 2.05) is 6.08 Å². The summed E-state index contributed by atoms with van der Waals surface area (Å²) < 4.78 is 5.54. The minimum atomic E-state index is -0.208. The third kappa shape index (κ3) is 4.27. The molecule has 0 spiro atoms. The quantitative estimate of drug-likeness (QED) is 0.312. The number of rotatable bonds is 6. The molecule has 0 N–H and O–H groups in total. The Morgan fingerprint density at radius 2 is 1.85 bits per heavy atom. The number of esters is 1. The number of carbonyl (C=O) groups is 2. The van der Waals surface area contributed by atoms with Crippen molar-refractivity contribution in [1.29, 1.82) is 0 Å². The van der Waals surface area contributed by atoms with Crippen molar-refractivity contribution in [3.05, 3.63) is 23.8 Å². The molecule has 0 saturated heterocycles. The molecule has 3 saturated carbocycles. The van der Waals surface area contributed by atoms with Crippen LogP contribution in [0.3, 0.4) is 0 Å². The van der Waals surface area contributed by atoms with Crippen molar-refractivity contribution in [3.63, 3.8) is 0 Å². The summed E-state index contributed by atoms with van der Waals surface area (Å²) in [6.45, 7) is 17.7. The summed E-state index contributed by atoms with van der Waals surface area (Å²) in [5.74, 6) is 3.29. The summed E-state index contributed by atoms with van der Waals surface area (Å²) in [6.07, 6.45) is 11.9. The maximum atomic E-state index is 13.6. The zero-order valence-electron chi connectivity index (χ0n) is 21.9. The fraction of sp³-hybridized carbons (Fsp3) is 0.800. The van der Waals surface area contributed by atoms with Crippen LogP contribution in [-0.4, -0.2) is 17.9 Å². The van der Waals surface area contributed by atoms with Crippen LogP contribution in [0.1, 0.15) is 99.3 Å². The predicted octanol–water partition coefficient (Wildman–Crippen LogP) is 7.30. The van der Waals surface area contributed by atoms with Gasteiger partial charge in [0.1, 0.15) is 6.10 Å². The van der Waals surface area contributed by atoms with Crippen LogP contribution in [0.5, 0.6) is 0 Å². The number of allylic oxidation sites excluding steroid dienone is 2. The van der Waals surface area contributed by atoms with E-state index in [9.17, 15) is 9.59 Å². The molecule has 0 radical (unpaired) electrons. The van der Waals surface area contributed by atoms with Gasteiger partial charge in [-0.1, -0.05) is 52.3 Å². The molecule has 0 aromatic carbocycles. The Kier molecular flexibility index (Phi) is 6.75. The second-order valence-electron chi connectivity index (χ2n) is 12.8. The maximum absolute atomic E-state index is 13.6. The second-order valence-corrected chi connectivity index (χ2v) is 12.8. The van der Waals surface area contributed by atoms with E-state index in [4.69, 9.17) is 4.74 Å². The zero-order chi connectivity index (χ0) is 24.1. The van der Waals surface area contributed by atoms with E-state index >= 15 is 0 Å². The van der Waals surface area contributed by atoms with Crippen LogP contribution >= 0.6 is 0 Å². The molecule has 184 valence electrons. The van der Waals surface area contributed by atoms with Crippen LogP contribution in [0.25, 0.3) is 0 Å². The zero-order valence-corrected chi connectivity index (χ0v) is 21.9. The van der Waals surface area contributed by atoms with Crippen LogP contribution in [0.2, 0.25) is 0 Å². The lowest BCUT2D eigenvalue weighted by Crippen LogP contribution is -2.53. The molecule has 4 rings (SSSR count). The Bertz CT molecular complexity index is 837. The maximum Gasteiger partial charge on any atom is 0.302 e. The average molecular weight is 455 g/mol. The number of ketones is 1. The van der Waals surface area contributed by atoms with E-state index < -0.39 is 0 Å². The van der Waals surface area contributed by atoms with Gasteiger partial charge < -0.3 is 4.74 Å². The summed E-state index contributed by atoms with van der Waals surface area (Å²) in [5, 5.41) is 0. The lowest BCUT2D eigenvalue weighted by atomic mass is 9.46. The van der Waals surface area contributed by atoms with Gasteiger partial charge in [-0.3, -0.25) is 9.59 Å². The first-order chi connectivity index (χ1) is 15.5. The summed E-state index contributed by atoms with van der Waals surface area (Å²) >= 11 is 0. The predicted molar refractivity (Wildman–Crippen MR) is 134 cm³/mol. The van der Waals surface area contributed by atoms with Crippen LogP contribution in [0, 0.1) is 46.3 Å². The molecule has 0 amide bonds. The molecule has 33 heavy (non-hydrogen) atoms. The van der Waals surface area contributed by atoms with Gasteiger partial charge in [0.2, 0.25) is 0 Å². The monoisotopic (exact) mass is 454 g/mol. The highest BCUT2D eigenvalue weighted by atomic mass is 16.5. The van der Waals surface area contributed by atoms with Crippen LogP contribution in [-0.2, 0) is 14.3 Å². The molecular weight excluding hydrogens is 408 g/mol. The Morgan fingerprint density at radius 3 is 2.52 bits per heavy atom. The molecule has 4 aliphatic carbocycles. The fourth-order valence-electron chi connectivity index (χ4n) is 8.58. The van der Waals surface area contributed by atoms with E-state index in [-0.39, 0.29) is 28.8 Å². The molecule has 0 aliphatic heterocycles. The standard InChI is InChI=1S/C30H46O3/c1-18(2)19(3)8-9-20(4)24-10-11-25-28-26(13-15-30(24,25)7)29(6)14-12-23(33-21(5)31)16-22(29)17-27(28)32/h17-18,20,23-26,28H,3,8-16H2,1-2,4-7H3. The SMILES string of the molecule is C=C(CCC(C)C1CCC2C3C(=O)C=C4CC(OC(C)=O)CCC4(C)C3CCC12C)C(C)C. The first-order valence-corrected chi connectivity index (χ1v) is 13.6. The third-order valence-electron chi connectivity index (χ3n) is 10.7. The van der Waals surface area contributed by atoms with E-state index in [2.05, 4.69) is 41.2 Å². The largest absolute Gasteiger partial charge is 0.462 e. The normalized spacial score (nSPS) is 41.0. The summed E-state index contributed by atoms with van der Waals surface area (Å²) in [5.41, 5.74) is 3.01. The minimum Gasteiger partial charge on any atom is -0.462 e. The molecular formula is C30H46O3. The molecule has 8 unspecified atom stereocenters. The van der Waals surface area contributed by atoms with Gasteiger partial charge in [0.05, 0.1) is 0 Å². The summed E-state index contributed by atoms with van der Waals surface area (Å²) in [6, 6.07) is 0. The number of hydrogen-bond donors (Lipinski definition) is 0. The van der Waals surface area contributed by atoms with Crippen molar-refractivity contribution in [2.45, 2.75) is 105 Å². The van der Waals surface area contributed by atoms with Crippen molar-refractivity contribution >= 4 is 11.8 Å². The topological polar surface area (TPSA) is 43.4 Å². The van der Waals surface area contributed by atoms with E-state index in [0.717, 1.165) is 32.1 Å². The highest BCUT2D eigenvalue weighted by Gasteiger charge is 2.61. The molecule has 8 atom stereocenters. The second kappa shape index (κ2) is 9.00. The van der Waals surface area contributed by atoms with Gasteiger partial charge in [-0.2, -0.15) is 0 Å². The lowest BCUT2D eigenvalue weighted by Gasteiger charge is -2.57. The highest BCUT2D eigenvalue weighted by molar-refractivity contribution is 5.94. The number of hydrogen-bond acceptors (Lipinski definition) is 3. The van der Waals surface area contributed by atoms with Gasteiger partial charge in [0.25, 0.3) is 0 Å². The first-order valence-electron chi connectivity index (χ1n) is 13.6. The fourth-order valence-corrected chi connectivity index (χ4v) is 8.58. The Morgan fingerprint density at radius 1 is 1.12 bits per heavy atom. The Balaban J connectivity index is 1.52. The van der Waals surface area contributed by atoms with E-state index in [0.29, 0.717) is 35.4 Å².